The second-order valence-corrected chi connectivity index (χ2v) is 5.50. The summed E-state index contributed by atoms with van der Waals surface area (Å²) >= 11 is 3.50. The van der Waals surface area contributed by atoms with Crippen LogP contribution in [0.5, 0.6) is 5.75 Å². The second-order valence-electron chi connectivity index (χ2n) is 4.64. The molecule has 0 saturated carbocycles. The molecule has 1 heterocycles. The first-order valence-corrected chi connectivity index (χ1v) is 7.56. The highest BCUT2D eigenvalue weighted by atomic mass is 79.9. The summed E-state index contributed by atoms with van der Waals surface area (Å²) in [6.45, 7) is 3.03. The predicted octanol–water partition coefficient (Wildman–Crippen LogP) is 2.44. The van der Waals surface area contributed by atoms with Crippen molar-refractivity contribution < 1.29 is 9.47 Å². The van der Waals surface area contributed by atoms with Crippen molar-refractivity contribution in [3.8, 4) is 5.75 Å². The zero-order valence-corrected chi connectivity index (χ0v) is 13.9. The Morgan fingerprint density at radius 3 is 2.86 bits per heavy atom. The molecule has 114 valence electrons. The van der Waals surface area contributed by atoms with Gasteiger partial charge in [-0.25, -0.2) is 0 Å². The minimum absolute atomic E-state index is 0.709. The number of aromatic nitrogens is 2. The number of rotatable bonds is 8. The quantitative estimate of drug-likeness (QED) is 0.740. The third kappa shape index (κ3) is 4.84. The lowest BCUT2D eigenvalue weighted by molar-refractivity contribution is 0.199. The lowest BCUT2D eigenvalue weighted by Gasteiger charge is -2.06. The highest BCUT2D eigenvalue weighted by Crippen LogP contribution is 2.25. The minimum atomic E-state index is 0.709. The molecule has 0 amide bonds. The number of nitrogens with one attached hydrogen (secondary N) is 1. The van der Waals surface area contributed by atoms with Gasteiger partial charge in [0, 0.05) is 26.4 Å². The molecule has 0 saturated heterocycles. The van der Waals surface area contributed by atoms with E-state index in [1.807, 2.05) is 29.1 Å². The third-order valence-corrected chi connectivity index (χ3v) is 3.67. The van der Waals surface area contributed by atoms with E-state index in [4.69, 9.17) is 9.47 Å². The van der Waals surface area contributed by atoms with Crippen LogP contribution in [0.1, 0.15) is 11.3 Å². The van der Waals surface area contributed by atoms with Crippen molar-refractivity contribution in [2.24, 2.45) is 0 Å². The number of benzene rings is 1. The number of nitrogens with zero attached hydrogens (tertiary/aromatic N) is 2. The summed E-state index contributed by atoms with van der Waals surface area (Å²) in [5.41, 5.74) is 2.20. The molecule has 0 aliphatic heterocycles. The summed E-state index contributed by atoms with van der Waals surface area (Å²) in [7, 11) is 3.36. The highest BCUT2D eigenvalue weighted by molar-refractivity contribution is 9.10. The molecule has 0 atom stereocenters. The molecule has 1 aromatic carbocycles. The summed E-state index contributed by atoms with van der Waals surface area (Å²) < 4.78 is 13.1. The number of methoxy groups -OCH3 is 2. The van der Waals surface area contributed by atoms with E-state index in [2.05, 4.69) is 32.4 Å². The molecule has 21 heavy (non-hydrogen) atoms. The normalized spacial score (nSPS) is 10.8. The van der Waals surface area contributed by atoms with Crippen molar-refractivity contribution in [2.45, 2.75) is 13.1 Å². The van der Waals surface area contributed by atoms with Crippen LogP contribution in [0.2, 0.25) is 0 Å². The Hall–Kier alpha value is -1.37. The van der Waals surface area contributed by atoms with Gasteiger partial charge >= 0.3 is 0 Å². The predicted molar refractivity (Wildman–Crippen MR) is 85.6 cm³/mol. The lowest BCUT2D eigenvalue weighted by atomic mass is 10.2. The van der Waals surface area contributed by atoms with E-state index in [0.29, 0.717) is 6.61 Å². The first-order chi connectivity index (χ1) is 10.2. The van der Waals surface area contributed by atoms with E-state index in [-0.39, 0.29) is 0 Å². The molecule has 0 unspecified atom stereocenters. The number of ether oxygens (including phenoxy) is 2. The van der Waals surface area contributed by atoms with Gasteiger partial charge in [-0.2, -0.15) is 5.10 Å². The van der Waals surface area contributed by atoms with Crippen molar-refractivity contribution in [3.05, 3.63) is 46.2 Å². The Balaban J connectivity index is 1.91. The van der Waals surface area contributed by atoms with Crippen LogP contribution in [0.3, 0.4) is 0 Å². The Morgan fingerprint density at radius 2 is 2.14 bits per heavy atom. The molecule has 5 nitrogen and oxygen atoms in total. The molecule has 2 rings (SSSR count). The van der Waals surface area contributed by atoms with Crippen LogP contribution in [0.4, 0.5) is 0 Å². The van der Waals surface area contributed by atoms with Crippen molar-refractivity contribution in [2.75, 3.05) is 27.4 Å². The van der Waals surface area contributed by atoms with E-state index in [1.54, 1.807) is 14.2 Å². The van der Waals surface area contributed by atoms with Gasteiger partial charge in [0.25, 0.3) is 0 Å². The van der Waals surface area contributed by atoms with Gasteiger partial charge in [0.05, 0.1) is 30.4 Å². The average Bonchev–Trinajstić information content (AvgIpc) is 2.91. The van der Waals surface area contributed by atoms with Crippen LogP contribution in [-0.4, -0.2) is 37.2 Å². The molecular weight excluding hydrogens is 334 g/mol. The fraction of sp³-hybridized carbons (Fsp3) is 0.400. The zero-order chi connectivity index (χ0) is 15.1. The van der Waals surface area contributed by atoms with Crippen molar-refractivity contribution >= 4 is 15.9 Å². The van der Waals surface area contributed by atoms with Gasteiger partial charge in [0.1, 0.15) is 5.75 Å². The Bertz CT molecular complexity index is 572. The molecule has 1 N–H and O–H groups in total. The van der Waals surface area contributed by atoms with Crippen LogP contribution in [-0.2, 0) is 17.8 Å². The van der Waals surface area contributed by atoms with Crippen LogP contribution < -0.4 is 10.1 Å². The maximum absolute atomic E-state index is 5.23. The van der Waals surface area contributed by atoms with E-state index < -0.39 is 0 Å². The van der Waals surface area contributed by atoms with Gasteiger partial charge < -0.3 is 14.8 Å². The van der Waals surface area contributed by atoms with Crippen molar-refractivity contribution in [1.29, 1.82) is 0 Å². The minimum Gasteiger partial charge on any atom is -0.496 e. The van der Waals surface area contributed by atoms with Crippen LogP contribution in [0.25, 0.3) is 0 Å². The molecule has 0 aliphatic rings. The molecule has 2 aromatic rings. The third-order valence-electron chi connectivity index (χ3n) is 3.05. The molecule has 0 aliphatic carbocycles. The first kappa shape index (κ1) is 16.0. The van der Waals surface area contributed by atoms with Crippen LogP contribution in [0.15, 0.2) is 34.9 Å². The summed E-state index contributed by atoms with van der Waals surface area (Å²) in [5, 5.41) is 7.82. The van der Waals surface area contributed by atoms with Gasteiger partial charge in [0.15, 0.2) is 0 Å². The zero-order valence-electron chi connectivity index (χ0n) is 12.3. The second kappa shape index (κ2) is 8.17. The van der Waals surface area contributed by atoms with E-state index >= 15 is 0 Å². The van der Waals surface area contributed by atoms with E-state index in [0.717, 1.165) is 35.6 Å². The van der Waals surface area contributed by atoms with Crippen molar-refractivity contribution in [3.63, 3.8) is 0 Å². The molecule has 6 heteroatoms. The summed E-state index contributed by atoms with van der Waals surface area (Å²) in [6.07, 6.45) is 1.99. The molecule has 0 radical (unpaired) electrons. The number of hydrogen-bond donors (Lipinski definition) is 1. The SMILES string of the molecule is COCCNCc1ccn(Cc2ccc(OC)c(Br)c2)n1. The van der Waals surface area contributed by atoms with Crippen LogP contribution in [0, 0.1) is 0 Å². The van der Waals surface area contributed by atoms with Gasteiger partial charge in [-0.3, -0.25) is 4.68 Å². The Morgan fingerprint density at radius 1 is 1.29 bits per heavy atom. The largest absolute Gasteiger partial charge is 0.496 e. The molecule has 0 bridgehead atoms. The van der Waals surface area contributed by atoms with E-state index in [1.165, 1.54) is 5.56 Å². The average molecular weight is 354 g/mol. The topological polar surface area (TPSA) is 48.3 Å². The Kier molecular flexibility index (Phi) is 6.22. The summed E-state index contributed by atoms with van der Waals surface area (Å²) in [4.78, 5) is 0. The molecule has 0 fully saturated rings. The smallest absolute Gasteiger partial charge is 0.133 e. The lowest BCUT2D eigenvalue weighted by Crippen LogP contribution is -2.19. The van der Waals surface area contributed by atoms with Gasteiger partial charge in [-0.15, -0.1) is 0 Å². The summed E-state index contributed by atoms with van der Waals surface area (Å²) in [6, 6.07) is 8.08. The highest BCUT2D eigenvalue weighted by Gasteiger charge is 2.04. The standard InChI is InChI=1S/C15H20BrN3O2/c1-20-8-6-17-10-13-5-7-19(18-13)11-12-3-4-15(21-2)14(16)9-12/h3-5,7,9,17H,6,8,10-11H2,1-2H3. The van der Waals surface area contributed by atoms with Crippen molar-refractivity contribution in [1.82, 2.24) is 15.1 Å². The maximum atomic E-state index is 5.23. The monoisotopic (exact) mass is 353 g/mol. The van der Waals surface area contributed by atoms with Gasteiger partial charge in [-0.05, 0) is 39.7 Å². The summed E-state index contributed by atoms with van der Waals surface area (Å²) in [5.74, 6) is 0.835. The molecule has 1 aromatic heterocycles. The fourth-order valence-electron chi connectivity index (χ4n) is 1.97. The first-order valence-electron chi connectivity index (χ1n) is 6.77. The fourth-order valence-corrected chi connectivity index (χ4v) is 2.56. The maximum Gasteiger partial charge on any atom is 0.133 e. The molecular formula is C15H20BrN3O2. The molecule has 0 spiro atoms. The van der Waals surface area contributed by atoms with Gasteiger partial charge in [0.2, 0.25) is 0 Å². The number of hydrogen-bond acceptors (Lipinski definition) is 4. The van der Waals surface area contributed by atoms with E-state index in [9.17, 15) is 0 Å². The Labute approximate surface area is 133 Å². The van der Waals surface area contributed by atoms with Crippen LogP contribution >= 0.6 is 15.9 Å². The number of halogens is 1. The van der Waals surface area contributed by atoms with Gasteiger partial charge in [-0.1, -0.05) is 6.07 Å².